The van der Waals surface area contributed by atoms with Gasteiger partial charge in [-0.05, 0) is 49.9 Å². The van der Waals surface area contributed by atoms with Crippen LogP contribution in [-0.2, 0) is 14.8 Å². The molecule has 1 atom stereocenters. The zero-order valence-corrected chi connectivity index (χ0v) is 16.0. The van der Waals surface area contributed by atoms with E-state index < -0.39 is 33.9 Å². The summed E-state index contributed by atoms with van der Waals surface area (Å²) in [7, 11) is -3.79. The van der Waals surface area contributed by atoms with Crippen molar-refractivity contribution >= 4 is 15.9 Å². The summed E-state index contributed by atoms with van der Waals surface area (Å²) >= 11 is 0. The molecule has 156 valence electrons. The third kappa shape index (κ3) is 4.48. The minimum atomic E-state index is -4.31. The maximum absolute atomic E-state index is 13.0. The molecule has 0 aromatic heterocycles. The molecule has 28 heavy (non-hydrogen) atoms. The maximum atomic E-state index is 13.0. The Kier molecular flexibility index (Phi) is 6.00. The molecule has 3 rings (SSSR count). The van der Waals surface area contributed by atoms with Gasteiger partial charge in [0.2, 0.25) is 15.9 Å². The number of benzene rings is 1. The van der Waals surface area contributed by atoms with E-state index in [-0.39, 0.29) is 49.7 Å². The van der Waals surface area contributed by atoms with Gasteiger partial charge in [-0.15, -0.1) is 0 Å². The number of amides is 1. The first-order valence-electron chi connectivity index (χ1n) is 9.20. The third-order valence-corrected chi connectivity index (χ3v) is 7.36. The van der Waals surface area contributed by atoms with Gasteiger partial charge in [0.25, 0.3) is 0 Å². The fourth-order valence-corrected chi connectivity index (χ4v) is 5.27. The smallest absolute Gasteiger partial charge is 0.342 e. The Morgan fingerprint density at radius 3 is 2.18 bits per heavy atom. The maximum Gasteiger partial charge on any atom is 0.393 e. The molecule has 2 aliphatic rings. The Labute approximate surface area is 161 Å². The summed E-state index contributed by atoms with van der Waals surface area (Å²) in [5.41, 5.74) is 0. The van der Waals surface area contributed by atoms with Crippen molar-refractivity contribution < 1.29 is 30.8 Å². The molecule has 0 radical (unpaired) electrons. The Hall–Kier alpha value is -1.68. The fraction of sp³-hybridized carbons (Fsp3) is 0.611. The molecule has 5 nitrogen and oxygen atoms in total. The van der Waals surface area contributed by atoms with E-state index >= 15 is 0 Å². The van der Waals surface area contributed by atoms with Gasteiger partial charge < -0.3 is 4.90 Å². The molecule has 2 heterocycles. The average molecular weight is 422 g/mol. The summed E-state index contributed by atoms with van der Waals surface area (Å²) in [5.74, 6) is -2.84. The number of hydrogen-bond donors (Lipinski definition) is 0. The van der Waals surface area contributed by atoms with Crippen molar-refractivity contribution in [1.82, 2.24) is 9.21 Å². The quantitative estimate of drug-likeness (QED) is 0.704. The third-order valence-electron chi connectivity index (χ3n) is 5.45. The Morgan fingerprint density at radius 1 is 1.00 bits per heavy atom. The number of hydrogen-bond acceptors (Lipinski definition) is 3. The van der Waals surface area contributed by atoms with E-state index in [0.717, 1.165) is 12.1 Å². The van der Waals surface area contributed by atoms with Crippen molar-refractivity contribution in [3.8, 4) is 0 Å². The van der Waals surface area contributed by atoms with E-state index in [4.69, 9.17) is 0 Å². The number of piperidine rings is 2. The van der Waals surface area contributed by atoms with Crippen LogP contribution in [0.5, 0.6) is 0 Å². The molecule has 1 amide bonds. The van der Waals surface area contributed by atoms with E-state index in [0.29, 0.717) is 13.0 Å². The van der Waals surface area contributed by atoms with Crippen LogP contribution in [0.1, 0.15) is 25.7 Å². The molecule has 1 aromatic carbocycles. The summed E-state index contributed by atoms with van der Waals surface area (Å²) < 4.78 is 78.3. The number of carbonyl (C=O) groups excluding carboxylic acids is 1. The molecule has 2 aliphatic heterocycles. The van der Waals surface area contributed by atoms with Crippen molar-refractivity contribution in [3.05, 3.63) is 30.1 Å². The molecule has 0 unspecified atom stereocenters. The largest absolute Gasteiger partial charge is 0.393 e. The van der Waals surface area contributed by atoms with Crippen LogP contribution >= 0.6 is 0 Å². The molecule has 10 heteroatoms. The number of rotatable bonds is 3. The molecule has 1 aromatic rings. The van der Waals surface area contributed by atoms with Crippen molar-refractivity contribution in [2.45, 2.75) is 36.8 Å². The number of alkyl halides is 3. The van der Waals surface area contributed by atoms with Gasteiger partial charge in [0.05, 0.1) is 10.8 Å². The zero-order valence-electron chi connectivity index (χ0n) is 15.2. The molecule has 2 fully saturated rings. The number of sulfonamides is 1. The molecular formula is C18H22F4N2O3S. The first-order chi connectivity index (χ1) is 13.1. The second kappa shape index (κ2) is 7.98. The lowest BCUT2D eigenvalue weighted by Crippen LogP contribution is -2.49. The first-order valence-corrected chi connectivity index (χ1v) is 10.6. The van der Waals surface area contributed by atoms with Crippen LogP contribution in [-0.4, -0.2) is 55.9 Å². The van der Waals surface area contributed by atoms with Crippen LogP contribution in [0.2, 0.25) is 0 Å². The lowest BCUT2D eigenvalue weighted by Gasteiger charge is -2.38. The monoisotopic (exact) mass is 422 g/mol. The van der Waals surface area contributed by atoms with Crippen molar-refractivity contribution in [2.24, 2.45) is 11.8 Å². The van der Waals surface area contributed by atoms with E-state index in [9.17, 15) is 30.8 Å². The topological polar surface area (TPSA) is 57.7 Å². The summed E-state index contributed by atoms with van der Waals surface area (Å²) in [6, 6.07) is 4.51. The van der Waals surface area contributed by atoms with Crippen molar-refractivity contribution in [1.29, 1.82) is 0 Å². The van der Waals surface area contributed by atoms with Crippen LogP contribution in [0, 0.1) is 17.7 Å². The van der Waals surface area contributed by atoms with E-state index in [2.05, 4.69) is 0 Å². The summed E-state index contributed by atoms with van der Waals surface area (Å²) in [6.07, 6.45) is -3.46. The number of nitrogens with zero attached hydrogens (tertiary/aromatic N) is 2. The van der Waals surface area contributed by atoms with E-state index in [1.54, 1.807) is 0 Å². The predicted molar refractivity (Wildman–Crippen MR) is 93.2 cm³/mol. The molecular weight excluding hydrogens is 400 g/mol. The second-order valence-corrected chi connectivity index (χ2v) is 9.24. The second-order valence-electron chi connectivity index (χ2n) is 7.30. The molecule has 0 spiro atoms. The van der Waals surface area contributed by atoms with Gasteiger partial charge in [-0.2, -0.15) is 17.5 Å². The van der Waals surface area contributed by atoms with Crippen molar-refractivity contribution in [3.63, 3.8) is 0 Å². The number of halogens is 4. The van der Waals surface area contributed by atoms with Gasteiger partial charge >= 0.3 is 6.18 Å². The highest BCUT2D eigenvalue weighted by molar-refractivity contribution is 7.89. The summed E-state index contributed by atoms with van der Waals surface area (Å²) in [4.78, 5) is 13.9. The van der Waals surface area contributed by atoms with Crippen LogP contribution in [0.3, 0.4) is 0 Å². The van der Waals surface area contributed by atoms with E-state index in [1.807, 2.05) is 0 Å². The first kappa shape index (κ1) is 21.0. The summed E-state index contributed by atoms with van der Waals surface area (Å²) in [6.45, 7) is 0.190. The minimum Gasteiger partial charge on any atom is -0.342 e. The highest BCUT2D eigenvalue weighted by atomic mass is 32.2. The van der Waals surface area contributed by atoms with Crippen LogP contribution < -0.4 is 0 Å². The Balaban J connectivity index is 1.60. The Bertz CT molecular complexity index is 803. The normalized spacial score (nSPS) is 23.0. The van der Waals surface area contributed by atoms with Crippen LogP contribution in [0.15, 0.2) is 29.2 Å². The van der Waals surface area contributed by atoms with Gasteiger partial charge in [-0.1, -0.05) is 0 Å². The van der Waals surface area contributed by atoms with Crippen LogP contribution in [0.25, 0.3) is 0 Å². The van der Waals surface area contributed by atoms with Gasteiger partial charge in [-0.25, -0.2) is 12.8 Å². The van der Waals surface area contributed by atoms with Gasteiger partial charge in [0.15, 0.2) is 0 Å². The highest BCUT2D eigenvalue weighted by Gasteiger charge is 2.44. The highest BCUT2D eigenvalue weighted by Crippen LogP contribution is 2.34. The predicted octanol–water partition coefficient (Wildman–Crippen LogP) is 3.03. The molecule has 0 saturated carbocycles. The van der Waals surface area contributed by atoms with E-state index in [1.165, 1.54) is 21.3 Å². The minimum absolute atomic E-state index is 0.0253. The molecule has 0 N–H and O–H groups in total. The van der Waals surface area contributed by atoms with Gasteiger partial charge in [0, 0.05) is 32.1 Å². The molecule has 0 bridgehead atoms. The molecule has 0 aliphatic carbocycles. The van der Waals surface area contributed by atoms with Crippen LogP contribution in [0.4, 0.5) is 17.6 Å². The number of carbonyl (C=O) groups is 1. The fourth-order valence-electron chi connectivity index (χ4n) is 3.80. The standard InChI is InChI=1S/C18H22F4N2O3S/c19-15-3-5-16(6-4-15)28(26,27)24-10-7-13(8-11-24)17(25)23-9-1-2-14(12-23)18(20,21)22/h3-6,13-14H,1-2,7-12H2/t14-/m1/s1. The van der Waals surface area contributed by atoms with Gasteiger partial charge in [-0.3, -0.25) is 4.79 Å². The van der Waals surface area contributed by atoms with Crippen molar-refractivity contribution in [2.75, 3.05) is 26.2 Å². The zero-order chi connectivity index (χ0) is 20.5. The molecule has 2 saturated heterocycles. The lowest BCUT2D eigenvalue weighted by molar-refractivity contribution is -0.188. The summed E-state index contributed by atoms with van der Waals surface area (Å²) in [5, 5.41) is 0. The lowest BCUT2D eigenvalue weighted by atomic mass is 9.92. The van der Waals surface area contributed by atoms with Gasteiger partial charge in [0.1, 0.15) is 5.82 Å². The average Bonchev–Trinajstić information content (AvgIpc) is 2.67. The SMILES string of the molecule is O=C(C1CCN(S(=O)(=O)c2ccc(F)cc2)CC1)N1CCC[C@@H](C(F)(F)F)C1. The number of likely N-dealkylation sites (tertiary alicyclic amines) is 1. The Morgan fingerprint density at radius 2 is 1.61 bits per heavy atom.